The normalized spacial score (nSPS) is 16.0. The summed E-state index contributed by atoms with van der Waals surface area (Å²) in [6, 6.07) is 28.9. The van der Waals surface area contributed by atoms with E-state index in [0.717, 1.165) is 11.3 Å². The molecule has 148 valence electrons. The minimum absolute atomic E-state index is 0.0501. The highest BCUT2D eigenvalue weighted by molar-refractivity contribution is 6.30. The molecule has 0 aliphatic carbocycles. The molecule has 0 saturated carbocycles. The molecule has 4 aromatic carbocycles. The topological polar surface area (TPSA) is 20.3 Å². The van der Waals surface area contributed by atoms with E-state index in [1.165, 1.54) is 27.5 Å². The third kappa shape index (κ3) is 3.38. The van der Waals surface area contributed by atoms with Crippen LogP contribution in [-0.4, -0.2) is 5.91 Å². The van der Waals surface area contributed by atoms with E-state index in [2.05, 4.69) is 67.6 Å². The lowest BCUT2D eigenvalue weighted by molar-refractivity contribution is -0.119. The first-order valence-electron chi connectivity index (χ1n) is 10.2. The largest absolute Gasteiger partial charge is 0.308 e. The van der Waals surface area contributed by atoms with Crippen LogP contribution in [0.3, 0.4) is 0 Å². The quantitative estimate of drug-likeness (QED) is 0.360. The van der Waals surface area contributed by atoms with Crippen LogP contribution < -0.4 is 4.90 Å². The molecule has 3 heteroatoms. The van der Waals surface area contributed by atoms with Crippen molar-refractivity contribution in [2.75, 3.05) is 4.90 Å². The highest BCUT2D eigenvalue weighted by Crippen LogP contribution is 2.44. The molecule has 30 heavy (non-hydrogen) atoms. The Hall–Kier alpha value is -3.10. The average Bonchev–Trinajstić information content (AvgIpc) is 2.75. The monoisotopic (exact) mass is 411 g/mol. The molecule has 1 atom stereocenters. The van der Waals surface area contributed by atoms with Gasteiger partial charge in [-0.2, -0.15) is 0 Å². The summed E-state index contributed by atoms with van der Waals surface area (Å²) >= 11 is 6.19. The minimum Gasteiger partial charge on any atom is -0.308 e. The van der Waals surface area contributed by atoms with E-state index < -0.39 is 0 Å². The lowest BCUT2D eigenvalue weighted by atomic mass is 9.81. The Bertz CT molecular complexity index is 1260. The molecule has 1 heterocycles. The Morgan fingerprint density at radius 3 is 2.60 bits per heavy atom. The molecule has 4 aromatic rings. The number of anilines is 1. The third-order valence-electron chi connectivity index (χ3n) is 5.94. The summed E-state index contributed by atoms with van der Waals surface area (Å²) in [6.45, 7) is 2.62. The van der Waals surface area contributed by atoms with E-state index in [-0.39, 0.29) is 11.8 Å². The summed E-state index contributed by atoms with van der Waals surface area (Å²) < 4.78 is 0. The number of amides is 1. The van der Waals surface area contributed by atoms with Crippen LogP contribution in [0.2, 0.25) is 5.02 Å². The lowest BCUT2D eigenvalue weighted by Gasteiger charge is -2.35. The van der Waals surface area contributed by atoms with Crippen molar-refractivity contribution >= 4 is 34.0 Å². The van der Waals surface area contributed by atoms with Gasteiger partial charge < -0.3 is 4.90 Å². The summed E-state index contributed by atoms with van der Waals surface area (Å²) in [4.78, 5) is 15.3. The van der Waals surface area contributed by atoms with Crippen molar-refractivity contribution in [3.05, 3.63) is 112 Å². The van der Waals surface area contributed by atoms with E-state index in [9.17, 15) is 4.79 Å². The van der Waals surface area contributed by atoms with Crippen molar-refractivity contribution in [1.82, 2.24) is 0 Å². The van der Waals surface area contributed by atoms with Gasteiger partial charge in [0.15, 0.2) is 0 Å². The molecule has 0 bridgehead atoms. The molecule has 0 saturated heterocycles. The molecule has 0 fully saturated rings. The lowest BCUT2D eigenvalue weighted by Crippen LogP contribution is -2.36. The number of benzene rings is 4. The van der Waals surface area contributed by atoms with Gasteiger partial charge in [0.2, 0.25) is 5.91 Å². The van der Waals surface area contributed by atoms with Gasteiger partial charge in [0, 0.05) is 23.0 Å². The smallest absolute Gasteiger partial charge is 0.228 e. The number of halogens is 1. The molecule has 1 aliphatic heterocycles. The maximum Gasteiger partial charge on any atom is 0.228 e. The zero-order valence-electron chi connectivity index (χ0n) is 16.8. The molecule has 0 radical (unpaired) electrons. The van der Waals surface area contributed by atoms with Crippen LogP contribution in [-0.2, 0) is 11.3 Å². The molecule has 1 unspecified atom stereocenters. The van der Waals surface area contributed by atoms with Gasteiger partial charge in [-0.05, 0) is 52.6 Å². The van der Waals surface area contributed by atoms with Crippen LogP contribution in [0.1, 0.15) is 34.6 Å². The first kappa shape index (κ1) is 18.9. The van der Waals surface area contributed by atoms with E-state index in [4.69, 9.17) is 11.6 Å². The van der Waals surface area contributed by atoms with E-state index >= 15 is 0 Å². The van der Waals surface area contributed by atoms with Crippen LogP contribution in [0.4, 0.5) is 5.69 Å². The van der Waals surface area contributed by atoms with Gasteiger partial charge in [-0.1, -0.05) is 83.9 Å². The first-order valence-corrected chi connectivity index (χ1v) is 10.6. The Balaban J connectivity index is 1.69. The third-order valence-corrected chi connectivity index (χ3v) is 6.18. The van der Waals surface area contributed by atoms with Crippen molar-refractivity contribution in [3.8, 4) is 0 Å². The number of nitrogens with zero attached hydrogens (tertiary/aromatic N) is 1. The number of aryl methyl sites for hydroxylation is 1. The Morgan fingerprint density at radius 1 is 0.933 bits per heavy atom. The number of rotatable bonds is 3. The first-order chi connectivity index (χ1) is 14.6. The Labute approximate surface area is 181 Å². The standard InChI is InChI=1S/C27H22ClNO/c1-18-6-4-9-21(14-18)24-16-26(30)29(17-19-7-5-10-22(28)15-19)25-13-12-20-8-2-3-11-23(20)27(24)25/h2-15,24H,16-17H2,1H3. The number of carbonyl (C=O) groups excluding carboxylic acids is 1. The number of hydrogen-bond acceptors (Lipinski definition) is 1. The summed E-state index contributed by atoms with van der Waals surface area (Å²) in [7, 11) is 0. The van der Waals surface area contributed by atoms with Crippen molar-refractivity contribution in [2.45, 2.75) is 25.8 Å². The van der Waals surface area contributed by atoms with Crippen LogP contribution in [0.15, 0.2) is 84.9 Å². The van der Waals surface area contributed by atoms with Crippen LogP contribution >= 0.6 is 11.6 Å². The number of hydrogen-bond donors (Lipinski definition) is 0. The second kappa shape index (κ2) is 7.62. The predicted molar refractivity (Wildman–Crippen MR) is 124 cm³/mol. The molecular formula is C27H22ClNO. The average molecular weight is 412 g/mol. The highest BCUT2D eigenvalue weighted by Gasteiger charge is 2.33. The van der Waals surface area contributed by atoms with Crippen molar-refractivity contribution in [1.29, 1.82) is 0 Å². The van der Waals surface area contributed by atoms with Gasteiger partial charge in [-0.3, -0.25) is 4.79 Å². The van der Waals surface area contributed by atoms with Gasteiger partial charge in [0.05, 0.1) is 6.54 Å². The summed E-state index contributed by atoms with van der Waals surface area (Å²) in [5, 5.41) is 3.10. The fourth-order valence-electron chi connectivity index (χ4n) is 4.57. The molecule has 1 aliphatic rings. The fourth-order valence-corrected chi connectivity index (χ4v) is 4.78. The minimum atomic E-state index is 0.0501. The number of carbonyl (C=O) groups is 1. The zero-order valence-corrected chi connectivity index (χ0v) is 17.6. The van der Waals surface area contributed by atoms with Crippen LogP contribution in [0.5, 0.6) is 0 Å². The molecule has 0 aromatic heterocycles. The number of fused-ring (bicyclic) bond motifs is 3. The summed E-state index contributed by atoms with van der Waals surface area (Å²) in [5.74, 6) is 0.193. The van der Waals surface area contributed by atoms with Crippen molar-refractivity contribution < 1.29 is 4.79 Å². The fraction of sp³-hybridized carbons (Fsp3) is 0.148. The van der Waals surface area contributed by atoms with E-state index in [1.54, 1.807) is 0 Å². The molecule has 5 rings (SSSR count). The SMILES string of the molecule is Cc1cccc(C2CC(=O)N(Cc3cccc(Cl)c3)c3ccc4ccccc4c32)c1. The van der Waals surface area contributed by atoms with E-state index in [1.807, 2.05) is 29.2 Å². The van der Waals surface area contributed by atoms with Crippen molar-refractivity contribution in [2.24, 2.45) is 0 Å². The molecule has 2 nitrogen and oxygen atoms in total. The Kier molecular flexibility index (Phi) is 4.80. The molecular weight excluding hydrogens is 390 g/mol. The Morgan fingerprint density at radius 2 is 1.77 bits per heavy atom. The van der Waals surface area contributed by atoms with Gasteiger partial charge in [-0.25, -0.2) is 0 Å². The maximum absolute atomic E-state index is 13.3. The van der Waals surface area contributed by atoms with Gasteiger partial charge in [-0.15, -0.1) is 0 Å². The van der Waals surface area contributed by atoms with E-state index in [0.29, 0.717) is 18.0 Å². The predicted octanol–water partition coefficient (Wildman–Crippen LogP) is 6.87. The molecule has 1 amide bonds. The molecule has 0 spiro atoms. The van der Waals surface area contributed by atoms with Crippen LogP contribution in [0.25, 0.3) is 10.8 Å². The van der Waals surface area contributed by atoms with Crippen LogP contribution in [0, 0.1) is 6.92 Å². The zero-order chi connectivity index (χ0) is 20.7. The molecule has 0 N–H and O–H groups in total. The second-order valence-electron chi connectivity index (χ2n) is 8.00. The van der Waals surface area contributed by atoms with Gasteiger partial charge in [0.25, 0.3) is 0 Å². The summed E-state index contributed by atoms with van der Waals surface area (Å²) in [5.41, 5.74) is 5.67. The second-order valence-corrected chi connectivity index (χ2v) is 8.44. The maximum atomic E-state index is 13.3. The summed E-state index contributed by atoms with van der Waals surface area (Å²) in [6.07, 6.45) is 0.463. The van der Waals surface area contributed by atoms with Gasteiger partial charge >= 0.3 is 0 Å². The van der Waals surface area contributed by atoms with Crippen molar-refractivity contribution in [3.63, 3.8) is 0 Å². The highest BCUT2D eigenvalue weighted by atomic mass is 35.5. The van der Waals surface area contributed by atoms with Gasteiger partial charge in [0.1, 0.15) is 0 Å².